The van der Waals surface area contributed by atoms with Gasteiger partial charge < -0.3 is 14.4 Å². The first-order chi connectivity index (χ1) is 11.9. The Balaban J connectivity index is 2.02. The fourth-order valence-electron chi connectivity index (χ4n) is 2.18. The van der Waals surface area contributed by atoms with Crippen molar-refractivity contribution in [2.24, 2.45) is 0 Å². The molecular weight excluding hydrogens is 348 g/mol. The second-order valence-corrected chi connectivity index (χ2v) is 5.66. The zero-order valence-corrected chi connectivity index (χ0v) is 14.5. The highest BCUT2D eigenvalue weighted by Gasteiger charge is 2.18. The van der Waals surface area contributed by atoms with Gasteiger partial charge in [0.25, 0.3) is 5.91 Å². The summed E-state index contributed by atoms with van der Waals surface area (Å²) >= 11 is 5.75. The van der Waals surface area contributed by atoms with Gasteiger partial charge in [-0.15, -0.1) is 0 Å². The fourth-order valence-corrected chi connectivity index (χ4v) is 2.35. The Morgan fingerprint density at radius 1 is 1.24 bits per heavy atom. The number of hydrogen-bond acceptors (Lipinski definition) is 5. The van der Waals surface area contributed by atoms with Crippen LogP contribution in [0.1, 0.15) is 5.56 Å². The van der Waals surface area contributed by atoms with Gasteiger partial charge in [0.2, 0.25) is 0 Å². The molecule has 0 radical (unpaired) electrons. The number of nitro benzene ring substituents is 1. The van der Waals surface area contributed by atoms with Gasteiger partial charge >= 0.3 is 5.69 Å². The van der Waals surface area contributed by atoms with Gasteiger partial charge in [-0.3, -0.25) is 14.9 Å². The van der Waals surface area contributed by atoms with Crippen LogP contribution in [-0.2, 0) is 11.3 Å². The van der Waals surface area contributed by atoms with Crippen LogP contribution in [0.4, 0.5) is 5.69 Å². The predicted molar refractivity (Wildman–Crippen MR) is 93.1 cm³/mol. The number of amides is 1. The van der Waals surface area contributed by atoms with Crippen LogP contribution in [-0.4, -0.2) is 36.5 Å². The van der Waals surface area contributed by atoms with Gasteiger partial charge in [-0.1, -0.05) is 29.8 Å². The summed E-state index contributed by atoms with van der Waals surface area (Å²) < 4.78 is 10.6. The van der Waals surface area contributed by atoms with Crippen LogP contribution >= 0.6 is 11.6 Å². The molecule has 0 aliphatic carbocycles. The van der Waals surface area contributed by atoms with E-state index in [1.807, 2.05) is 18.2 Å². The molecule has 0 bridgehead atoms. The SMILES string of the molecule is COc1ccccc1CN(C)C(=O)COc1ccc(Cl)cc1[N+](=O)[O-]. The number of methoxy groups -OCH3 is 1. The van der Waals surface area contributed by atoms with Crippen molar-refractivity contribution in [3.63, 3.8) is 0 Å². The van der Waals surface area contributed by atoms with Crippen molar-refractivity contribution in [3.8, 4) is 11.5 Å². The van der Waals surface area contributed by atoms with Crippen molar-refractivity contribution >= 4 is 23.2 Å². The fraction of sp³-hybridized carbons (Fsp3) is 0.235. The molecule has 7 nitrogen and oxygen atoms in total. The summed E-state index contributed by atoms with van der Waals surface area (Å²) in [7, 11) is 3.18. The molecule has 0 atom stereocenters. The van der Waals surface area contributed by atoms with E-state index < -0.39 is 4.92 Å². The number of rotatable bonds is 7. The maximum atomic E-state index is 12.2. The maximum absolute atomic E-state index is 12.2. The highest BCUT2D eigenvalue weighted by Crippen LogP contribution is 2.29. The number of carbonyl (C=O) groups is 1. The highest BCUT2D eigenvalue weighted by atomic mass is 35.5. The molecule has 0 spiro atoms. The first-order valence-electron chi connectivity index (χ1n) is 7.35. The lowest BCUT2D eigenvalue weighted by Crippen LogP contribution is -2.31. The molecule has 2 aromatic rings. The van der Waals surface area contributed by atoms with Crippen LogP contribution < -0.4 is 9.47 Å². The van der Waals surface area contributed by atoms with Gasteiger partial charge in [0, 0.05) is 30.2 Å². The standard InChI is InChI=1S/C17H17ClN2O5/c1-19(10-12-5-3-4-6-15(12)24-2)17(21)11-25-16-8-7-13(18)9-14(16)20(22)23/h3-9H,10-11H2,1-2H3. The van der Waals surface area contributed by atoms with Crippen LogP contribution in [0.5, 0.6) is 11.5 Å². The average molecular weight is 365 g/mol. The molecule has 25 heavy (non-hydrogen) atoms. The lowest BCUT2D eigenvalue weighted by molar-refractivity contribution is -0.385. The van der Waals surface area contributed by atoms with E-state index in [1.165, 1.54) is 23.1 Å². The topological polar surface area (TPSA) is 81.9 Å². The van der Waals surface area contributed by atoms with E-state index in [-0.39, 0.29) is 29.0 Å². The Morgan fingerprint density at radius 3 is 2.64 bits per heavy atom. The number of para-hydroxylation sites is 1. The molecule has 0 aromatic heterocycles. The third kappa shape index (κ3) is 4.84. The highest BCUT2D eigenvalue weighted by molar-refractivity contribution is 6.30. The molecular formula is C17H17ClN2O5. The number of likely N-dealkylation sites (N-methyl/N-ethyl adjacent to an activating group) is 1. The lowest BCUT2D eigenvalue weighted by Gasteiger charge is -2.19. The van der Waals surface area contributed by atoms with Crippen molar-refractivity contribution in [2.75, 3.05) is 20.8 Å². The summed E-state index contributed by atoms with van der Waals surface area (Å²) in [5.41, 5.74) is 0.561. The summed E-state index contributed by atoms with van der Waals surface area (Å²) in [5.74, 6) is 0.347. The van der Waals surface area contributed by atoms with Gasteiger partial charge in [-0.25, -0.2) is 0 Å². The minimum atomic E-state index is -0.607. The van der Waals surface area contributed by atoms with Crippen LogP contribution in [0.2, 0.25) is 5.02 Å². The van der Waals surface area contributed by atoms with Gasteiger partial charge in [0.15, 0.2) is 12.4 Å². The first kappa shape index (κ1) is 18.5. The first-order valence-corrected chi connectivity index (χ1v) is 7.72. The molecule has 0 saturated heterocycles. The Kier molecular flexibility index (Phi) is 6.19. The molecule has 132 valence electrons. The maximum Gasteiger partial charge on any atom is 0.312 e. The number of carbonyl (C=O) groups excluding carboxylic acids is 1. The minimum absolute atomic E-state index is 0.00607. The molecule has 8 heteroatoms. The molecule has 0 aliphatic rings. The largest absolute Gasteiger partial charge is 0.496 e. The van der Waals surface area contributed by atoms with Crippen molar-refractivity contribution in [3.05, 3.63) is 63.2 Å². The van der Waals surface area contributed by atoms with Crippen LogP contribution in [0, 0.1) is 10.1 Å². The second-order valence-electron chi connectivity index (χ2n) is 5.22. The third-order valence-corrected chi connectivity index (χ3v) is 3.73. The van der Waals surface area contributed by atoms with Gasteiger partial charge in [0.05, 0.1) is 12.0 Å². The summed E-state index contributed by atoms with van der Waals surface area (Å²) in [6.07, 6.45) is 0. The number of ether oxygens (including phenoxy) is 2. The molecule has 1 amide bonds. The smallest absolute Gasteiger partial charge is 0.312 e. The molecule has 2 aromatic carbocycles. The van der Waals surface area contributed by atoms with Gasteiger partial charge in [-0.05, 0) is 18.2 Å². The Labute approximate surface area is 149 Å². The van der Waals surface area contributed by atoms with E-state index >= 15 is 0 Å². The normalized spacial score (nSPS) is 10.2. The predicted octanol–water partition coefficient (Wildman–Crippen LogP) is 3.29. The van der Waals surface area contributed by atoms with Crippen molar-refractivity contribution in [2.45, 2.75) is 6.54 Å². The van der Waals surface area contributed by atoms with Gasteiger partial charge in [0.1, 0.15) is 5.75 Å². The number of benzene rings is 2. The van der Waals surface area contributed by atoms with Crippen LogP contribution in [0.3, 0.4) is 0 Å². The van der Waals surface area contributed by atoms with E-state index in [1.54, 1.807) is 20.2 Å². The second kappa shape index (κ2) is 8.34. The quantitative estimate of drug-likeness (QED) is 0.556. The zero-order chi connectivity index (χ0) is 18.4. The number of halogens is 1. The molecule has 0 fully saturated rings. The molecule has 0 unspecified atom stereocenters. The molecule has 0 saturated carbocycles. The minimum Gasteiger partial charge on any atom is -0.496 e. The summed E-state index contributed by atoms with van der Waals surface area (Å²) in [4.78, 5) is 24.1. The van der Waals surface area contributed by atoms with E-state index in [0.29, 0.717) is 12.3 Å². The summed E-state index contributed by atoms with van der Waals surface area (Å²) in [6.45, 7) is 0.00302. The van der Waals surface area contributed by atoms with Crippen LogP contribution in [0.25, 0.3) is 0 Å². The molecule has 0 N–H and O–H groups in total. The molecule has 0 heterocycles. The number of nitro groups is 1. The van der Waals surface area contributed by atoms with Crippen molar-refractivity contribution in [1.82, 2.24) is 4.90 Å². The van der Waals surface area contributed by atoms with Crippen molar-refractivity contribution < 1.29 is 19.2 Å². The molecule has 2 rings (SSSR count). The van der Waals surface area contributed by atoms with E-state index in [4.69, 9.17) is 21.1 Å². The van der Waals surface area contributed by atoms with Crippen molar-refractivity contribution in [1.29, 1.82) is 0 Å². The van der Waals surface area contributed by atoms with Gasteiger partial charge in [-0.2, -0.15) is 0 Å². The van der Waals surface area contributed by atoms with E-state index in [0.717, 1.165) is 5.56 Å². The summed E-state index contributed by atoms with van der Waals surface area (Å²) in [6, 6.07) is 11.4. The van der Waals surface area contributed by atoms with Crippen LogP contribution in [0.15, 0.2) is 42.5 Å². The third-order valence-electron chi connectivity index (χ3n) is 3.49. The Bertz CT molecular complexity index is 781. The van der Waals surface area contributed by atoms with E-state index in [9.17, 15) is 14.9 Å². The Hall–Kier alpha value is -2.80. The number of nitrogens with zero attached hydrogens (tertiary/aromatic N) is 2. The zero-order valence-electron chi connectivity index (χ0n) is 13.8. The lowest BCUT2D eigenvalue weighted by atomic mass is 10.2. The average Bonchev–Trinajstić information content (AvgIpc) is 2.60. The number of hydrogen-bond donors (Lipinski definition) is 0. The summed E-state index contributed by atoms with van der Waals surface area (Å²) in [5, 5.41) is 11.2. The monoisotopic (exact) mass is 364 g/mol. The Morgan fingerprint density at radius 2 is 1.96 bits per heavy atom. The molecule has 0 aliphatic heterocycles. The van der Waals surface area contributed by atoms with E-state index in [2.05, 4.69) is 0 Å².